The Morgan fingerprint density at radius 2 is 1.64 bits per heavy atom. The third-order valence-corrected chi connectivity index (χ3v) is 3.26. The Kier molecular flexibility index (Phi) is 7.48. The second-order valence-corrected chi connectivity index (χ2v) is 6.87. The van der Waals surface area contributed by atoms with Gasteiger partial charge in [-0.05, 0) is 17.8 Å². The Balaban J connectivity index is 5.27. The van der Waals surface area contributed by atoms with Crippen LogP contribution in [0.4, 0.5) is 0 Å². The molecule has 3 atom stereocenters. The highest BCUT2D eigenvalue weighted by atomic mass is 16.5. The minimum atomic E-state index is -1.72. The van der Waals surface area contributed by atoms with Crippen LogP contribution in [0, 0.1) is 17.3 Å². The van der Waals surface area contributed by atoms with Gasteiger partial charge in [0, 0.05) is 0 Å². The van der Waals surface area contributed by atoms with Gasteiger partial charge in [0.05, 0.1) is 5.92 Å². The number of carbonyl (C=O) groups is 3. The molecule has 8 heteroatoms. The number of aliphatic hydroxyl groups is 1. The van der Waals surface area contributed by atoms with Gasteiger partial charge in [-0.1, -0.05) is 34.6 Å². The normalized spacial score (nSPS) is 15.8. The molecule has 0 aromatic heterocycles. The van der Waals surface area contributed by atoms with Crippen LogP contribution in [0.1, 0.15) is 41.0 Å². The lowest BCUT2D eigenvalue weighted by Gasteiger charge is -2.31. The first-order valence-corrected chi connectivity index (χ1v) is 7.13. The zero-order chi connectivity index (χ0) is 17.7. The van der Waals surface area contributed by atoms with Gasteiger partial charge in [0.1, 0.15) is 12.1 Å². The van der Waals surface area contributed by atoms with Gasteiger partial charge in [-0.3, -0.25) is 19.6 Å². The quantitative estimate of drug-likeness (QED) is 0.319. The van der Waals surface area contributed by atoms with Crippen LogP contribution in [0.2, 0.25) is 0 Å². The van der Waals surface area contributed by atoms with Crippen LogP contribution >= 0.6 is 0 Å². The minimum Gasteiger partial charge on any atom is -0.382 e. The lowest BCUT2D eigenvalue weighted by atomic mass is 9.84. The number of carbonyl (C=O) groups excluding carboxylic acids is 3. The molecule has 0 unspecified atom stereocenters. The van der Waals surface area contributed by atoms with E-state index in [9.17, 15) is 19.5 Å². The van der Waals surface area contributed by atoms with Crippen LogP contribution in [-0.4, -0.2) is 40.2 Å². The van der Waals surface area contributed by atoms with Crippen LogP contribution in [-0.2, 0) is 14.4 Å². The second-order valence-electron chi connectivity index (χ2n) is 6.87. The number of aliphatic hydroxyl groups excluding tert-OH is 1. The van der Waals surface area contributed by atoms with Crippen molar-refractivity contribution in [1.82, 2.24) is 10.8 Å². The minimum absolute atomic E-state index is 0.0126. The van der Waals surface area contributed by atoms with Crippen molar-refractivity contribution in [3.05, 3.63) is 0 Å². The van der Waals surface area contributed by atoms with Crippen LogP contribution in [0.5, 0.6) is 0 Å². The van der Waals surface area contributed by atoms with Crippen molar-refractivity contribution < 1.29 is 24.7 Å². The number of nitrogens with two attached hydrogens (primary N) is 1. The Morgan fingerprint density at radius 1 is 1.14 bits per heavy atom. The molecule has 0 fully saturated rings. The van der Waals surface area contributed by atoms with Crippen LogP contribution < -0.4 is 16.5 Å². The van der Waals surface area contributed by atoms with Gasteiger partial charge in [0.15, 0.2) is 0 Å². The predicted octanol–water partition coefficient (Wildman–Crippen LogP) is -0.469. The maximum atomic E-state index is 12.4. The molecule has 128 valence electrons. The maximum Gasteiger partial charge on any atom is 0.272 e. The third kappa shape index (κ3) is 5.98. The average molecular weight is 317 g/mol. The van der Waals surface area contributed by atoms with Gasteiger partial charge in [-0.25, -0.2) is 5.48 Å². The van der Waals surface area contributed by atoms with E-state index in [1.807, 2.05) is 13.8 Å². The molecular weight excluding hydrogens is 290 g/mol. The molecule has 0 aromatic carbocycles. The molecule has 0 bridgehead atoms. The number of primary amides is 1. The summed E-state index contributed by atoms with van der Waals surface area (Å²) in [7, 11) is 0. The molecule has 0 aliphatic rings. The standard InChI is InChI=1S/C14H27N3O5/c1-7(2)6-8(9(18)13(21)17-22)12(20)16-10(11(15)19)14(3,4)5/h7-10,18,22H,6H2,1-5H3,(H2,15,19)(H,16,20)(H,17,21)/t8-,9+,10-/m1/s1. The Labute approximate surface area is 130 Å². The van der Waals surface area contributed by atoms with Crippen LogP contribution in [0.15, 0.2) is 0 Å². The van der Waals surface area contributed by atoms with Crippen molar-refractivity contribution in [3.8, 4) is 0 Å². The molecule has 8 nitrogen and oxygen atoms in total. The lowest BCUT2D eigenvalue weighted by molar-refractivity contribution is -0.147. The summed E-state index contributed by atoms with van der Waals surface area (Å²) in [5.74, 6) is -3.53. The Bertz CT molecular complexity index is 417. The van der Waals surface area contributed by atoms with E-state index in [4.69, 9.17) is 10.9 Å². The molecule has 0 saturated heterocycles. The van der Waals surface area contributed by atoms with Crippen molar-refractivity contribution in [1.29, 1.82) is 0 Å². The van der Waals surface area contributed by atoms with Crippen molar-refractivity contribution in [2.75, 3.05) is 0 Å². The highest BCUT2D eigenvalue weighted by Crippen LogP contribution is 2.22. The summed E-state index contributed by atoms with van der Waals surface area (Å²) < 4.78 is 0. The first-order valence-electron chi connectivity index (χ1n) is 7.13. The number of amides is 3. The maximum absolute atomic E-state index is 12.4. The largest absolute Gasteiger partial charge is 0.382 e. The van der Waals surface area contributed by atoms with Gasteiger partial charge in [-0.15, -0.1) is 0 Å². The van der Waals surface area contributed by atoms with Gasteiger partial charge in [-0.2, -0.15) is 0 Å². The third-order valence-electron chi connectivity index (χ3n) is 3.26. The van der Waals surface area contributed by atoms with E-state index in [0.717, 1.165) is 0 Å². The monoisotopic (exact) mass is 317 g/mol. The SMILES string of the molecule is CC(C)C[C@@H](C(=O)N[C@H](C(N)=O)C(C)(C)C)[C@H](O)C(=O)NO. The van der Waals surface area contributed by atoms with Crippen LogP contribution in [0.25, 0.3) is 0 Å². The highest BCUT2D eigenvalue weighted by Gasteiger charge is 2.37. The summed E-state index contributed by atoms with van der Waals surface area (Å²) in [4.78, 5) is 35.2. The average Bonchev–Trinajstić information content (AvgIpc) is 2.38. The zero-order valence-electron chi connectivity index (χ0n) is 13.7. The van der Waals surface area contributed by atoms with E-state index < -0.39 is 41.2 Å². The topological polar surface area (TPSA) is 142 Å². The fourth-order valence-corrected chi connectivity index (χ4v) is 2.10. The summed E-state index contributed by atoms with van der Waals surface area (Å²) in [5, 5.41) is 21.0. The lowest BCUT2D eigenvalue weighted by Crippen LogP contribution is -2.55. The first kappa shape index (κ1) is 20.3. The first-order chi connectivity index (χ1) is 9.91. The zero-order valence-corrected chi connectivity index (χ0v) is 13.7. The van der Waals surface area contributed by atoms with Crippen LogP contribution in [0.3, 0.4) is 0 Å². The number of hydroxylamine groups is 1. The van der Waals surface area contributed by atoms with E-state index in [-0.39, 0.29) is 12.3 Å². The summed E-state index contributed by atoms with van der Waals surface area (Å²) in [6.45, 7) is 8.84. The molecule has 3 amide bonds. The molecule has 0 aliphatic heterocycles. The fourth-order valence-electron chi connectivity index (χ4n) is 2.10. The fraction of sp³-hybridized carbons (Fsp3) is 0.786. The van der Waals surface area contributed by atoms with E-state index >= 15 is 0 Å². The number of hydrogen-bond donors (Lipinski definition) is 5. The number of nitrogens with one attached hydrogen (secondary N) is 2. The molecule has 0 aromatic rings. The molecule has 22 heavy (non-hydrogen) atoms. The van der Waals surface area contributed by atoms with E-state index in [2.05, 4.69) is 5.32 Å². The molecule has 0 radical (unpaired) electrons. The summed E-state index contributed by atoms with van der Waals surface area (Å²) >= 11 is 0. The molecule has 0 saturated carbocycles. The van der Waals surface area contributed by atoms with E-state index in [1.165, 1.54) is 5.48 Å². The van der Waals surface area contributed by atoms with Gasteiger partial charge < -0.3 is 16.2 Å². The molecule has 0 aliphatic carbocycles. The predicted molar refractivity (Wildman–Crippen MR) is 79.5 cm³/mol. The van der Waals surface area contributed by atoms with Gasteiger partial charge >= 0.3 is 0 Å². The molecule has 0 rings (SSSR count). The number of rotatable bonds is 7. The van der Waals surface area contributed by atoms with Crippen molar-refractivity contribution in [3.63, 3.8) is 0 Å². The molecule has 6 N–H and O–H groups in total. The van der Waals surface area contributed by atoms with Crippen molar-refractivity contribution >= 4 is 17.7 Å². The Morgan fingerprint density at radius 3 is 1.95 bits per heavy atom. The summed E-state index contributed by atoms with van der Waals surface area (Å²) in [6, 6.07) is -0.945. The van der Waals surface area contributed by atoms with Crippen molar-refractivity contribution in [2.24, 2.45) is 23.0 Å². The molecular formula is C14H27N3O5. The Hall–Kier alpha value is -1.67. The highest BCUT2D eigenvalue weighted by molar-refractivity contribution is 5.92. The summed E-state index contributed by atoms with van der Waals surface area (Å²) in [5.41, 5.74) is 6.00. The van der Waals surface area contributed by atoms with Gasteiger partial charge in [0.25, 0.3) is 5.91 Å². The molecule has 0 heterocycles. The van der Waals surface area contributed by atoms with E-state index in [1.54, 1.807) is 20.8 Å². The second kappa shape index (κ2) is 8.09. The molecule has 0 spiro atoms. The van der Waals surface area contributed by atoms with Crippen molar-refractivity contribution in [2.45, 2.75) is 53.2 Å². The van der Waals surface area contributed by atoms with E-state index in [0.29, 0.717) is 0 Å². The number of hydrogen-bond acceptors (Lipinski definition) is 5. The summed E-state index contributed by atoms with van der Waals surface area (Å²) in [6.07, 6.45) is -1.52. The smallest absolute Gasteiger partial charge is 0.272 e. The van der Waals surface area contributed by atoms with Gasteiger partial charge in [0.2, 0.25) is 11.8 Å².